The fourth-order valence-corrected chi connectivity index (χ4v) is 4.88. The van der Waals surface area contributed by atoms with Gasteiger partial charge in [-0.15, -0.1) is 0 Å². The summed E-state index contributed by atoms with van der Waals surface area (Å²) in [6.07, 6.45) is 4.90. The predicted octanol–water partition coefficient (Wildman–Crippen LogP) is 2.67. The number of hydrogen-bond acceptors (Lipinski definition) is 3. The predicted molar refractivity (Wildman–Crippen MR) is 86.0 cm³/mol. The molecule has 1 aliphatic carbocycles. The first kappa shape index (κ1) is 14.2. The maximum atomic E-state index is 12.7. The van der Waals surface area contributed by atoms with Gasteiger partial charge in [0, 0.05) is 37.0 Å². The fraction of sp³-hybridized carbons (Fsp3) is 0.647. The van der Waals surface area contributed by atoms with E-state index in [1.54, 1.807) is 11.3 Å². The van der Waals surface area contributed by atoms with Crippen LogP contribution in [0.2, 0.25) is 0 Å². The Labute approximate surface area is 135 Å². The molecule has 0 spiro atoms. The highest BCUT2D eigenvalue weighted by molar-refractivity contribution is 7.08. The van der Waals surface area contributed by atoms with Crippen molar-refractivity contribution in [2.24, 2.45) is 5.92 Å². The van der Waals surface area contributed by atoms with Crippen molar-refractivity contribution in [2.45, 2.75) is 51.1 Å². The minimum absolute atomic E-state index is 0.173. The van der Waals surface area contributed by atoms with Crippen molar-refractivity contribution in [1.29, 1.82) is 0 Å². The summed E-state index contributed by atoms with van der Waals surface area (Å²) in [5, 5.41) is 4.00. The number of piperidine rings is 2. The Hall–Kier alpha value is -1.36. The zero-order chi connectivity index (χ0) is 15.3. The van der Waals surface area contributed by atoms with E-state index in [9.17, 15) is 9.59 Å². The van der Waals surface area contributed by atoms with Crippen molar-refractivity contribution >= 4 is 23.2 Å². The molecule has 1 aromatic heterocycles. The van der Waals surface area contributed by atoms with E-state index in [0.717, 1.165) is 37.1 Å². The first-order valence-electron chi connectivity index (χ1n) is 8.28. The molecule has 0 N–H and O–H groups in total. The molecular formula is C17H22N2O2S. The molecule has 3 fully saturated rings. The number of aryl methyl sites for hydroxylation is 1. The minimum Gasteiger partial charge on any atom is -0.338 e. The van der Waals surface area contributed by atoms with Crippen LogP contribution in [0.5, 0.6) is 0 Å². The highest BCUT2D eigenvalue weighted by Crippen LogP contribution is 2.39. The highest BCUT2D eigenvalue weighted by Gasteiger charge is 2.45. The van der Waals surface area contributed by atoms with Crippen LogP contribution in [0.4, 0.5) is 0 Å². The van der Waals surface area contributed by atoms with Gasteiger partial charge in [-0.3, -0.25) is 9.59 Å². The van der Waals surface area contributed by atoms with Crippen LogP contribution in [0.3, 0.4) is 0 Å². The zero-order valence-corrected chi connectivity index (χ0v) is 13.8. The quantitative estimate of drug-likeness (QED) is 0.841. The van der Waals surface area contributed by atoms with Crippen LogP contribution < -0.4 is 0 Å². The normalized spacial score (nSPS) is 28.7. The molecule has 22 heavy (non-hydrogen) atoms. The molecule has 3 aliphatic rings. The highest BCUT2D eigenvalue weighted by atomic mass is 32.1. The van der Waals surface area contributed by atoms with Crippen molar-refractivity contribution < 1.29 is 9.59 Å². The number of hydrogen-bond donors (Lipinski definition) is 0. The van der Waals surface area contributed by atoms with E-state index in [0.29, 0.717) is 30.3 Å². The van der Waals surface area contributed by atoms with E-state index < -0.39 is 0 Å². The number of carbonyl (C=O) groups is 2. The van der Waals surface area contributed by atoms with Crippen molar-refractivity contribution in [3.63, 3.8) is 0 Å². The van der Waals surface area contributed by atoms with Crippen LogP contribution in [0.1, 0.15) is 48.0 Å². The topological polar surface area (TPSA) is 40.6 Å². The Balaban J connectivity index is 1.49. The molecule has 2 saturated heterocycles. The number of likely N-dealkylation sites (tertiary alicyclic amines) is 2. The van der Waals surface area contributed by atoms with Gasteiger partial charge in [0.2, 0.25) is 5.91 Å². The Kier molecular flexibility index (Phi) is 3.48. The molecule has 118 valence electrons. The average Bonchev–Trinajstić information content (AvgIpc) is 3.26. The van der Waals surface area contributed by atoms with Crippen LogP contribution in [0.25, 0.3) is 0 Å². The van der Waals surface area contributed by atoms with Gasteiger partial charge in [0.05, 0.1) is 5.56 Å². The molecule has 0 unspecified atom stereocenters. The summed E-state index contributed by atoms with van der Waals surface area (Å²) in [6, 6.07) is 0.878. The van der Waals surface area contributed by atoms with Gasteiger partial charge >= 0.3 is 0 Å². The summed E-state index contributed by atoms with van der Waals surface area (Å²) in [5.74, 6) is 0.985. The maximum Gasteiger partial charge on any atom is 0.254 e. The summed E-state index contributed by atoms with van der Waals surface area (Å²) in [7, 11) is 0. The molecule has 0 bridgehead atoms. The number of fused-ring (bicyclic) bond motifs is 1. The third-order valence-electron chi connectivity index (χ3n) is 5.38. The van der Waals surface area contributed by atoms with Crippen molar-refractivity contribution in [3.8, 4) is 0 Å². The lowest BCUT2D eigenvalue weighted by atomic mass is 9.83. The van der Waals surface area contributed by atoms with Gasteiger partial charge in [-0.25, -0.2) is 0 Å². The summed E-state index contributed by atoms with van der Waals surface area (Å²) in [5.41, 5.74) is 1.94. The largest absolute Gasteiger partial charge is 0.338 e. The number of thiophene rings is 1. The molecule has 0 radical (unpaired) electrons. The van der Waals surface area contributed by atoms with Crippen LogP contribution in [-0.4, -0.2) is 46.8 Å². The number of amides is 2. The van der Waals surface area contributed by atoms with Gasteiger partial charge in [0.15, 0.2) is 0 Å². The van der Waals surface area contributed by atoms with Gasteiger partial charge in [-0.1, -0.05) is 0 Å². The fourth-order valence-electron chi connectivity index (χ4n) is 4.05. The smallest absolute Gasteiger partial charge is 0.254 e. The number of carbonyl (C=O) groups excluding carboxylic acids is 2. The van der Waals surface area contributed by atoms with Gasteiger partial charge < -0.3 is 9.80 Å². The standard InChI is InChI=1S/C17H22N2O2S/c1-11-9-22-10-14(11)17(21)18-7-6-15-12(8-18)2-5-16(20)19(15)13-3-4-13/h9-10,12-13,15H,2-8H2,1H3/t12-,15+/m1/s1. The lowest BCUT2D eigenvalue weighted by molar-refractivity contribution is -0.141. The summed E-state index contributed by atoms with van der Waals surface area (Å²) >= 11 is 1.59. The van der Waals surface area contributed by atoms with Crippen LogP contribution in [0.15, 0.2) is 10.8 Å². The van der Waals surface area contributed by atoms with Crippen LogP contribution >= 0.6 is 11.3 Å². The Morgan fingerprint density at radius 2 is 2.05 bits per heavy atom. The number of nitrogens with zero attached hydrogens (tertiary/aromatic N) is 2. The average molecular weight is 318 g/mol. The first-order chi connectivity index (χ1) is 10.6. The molecular weight excluding hydrogens is 296 g/mol. The third-order valence-corrected chi connectivity index (χ3v) is 6.24. The van der Waals surface area contributed by atoms with Crippen molar-refractivity contribution in [1.82, 2.24) is 9.80 Å². The second-order valence-electron chi connectivity index (χ2n) is 6.91. The van der Waals surface area contributed by atoms with E-state index in [-0.39, 0.29) is 5.91 Å². The van der Waals surface area contributed by atoms with E-state index in [4.69, 9.17) is 0 Å². The maximum absolute atomic E-state index is 12.7. The Bertz CT molecular complexity index is 608. The van der Waals surface area contributed by atoms with Gasteiger partial charge in [0.1, 0.15) is 0 Å². The third kappa shape index (κ3) is 2.35. The van der Waals surface area contributed by atoms with Crippen molar-refractivity contribution in [2.75, 3.05) is 13.1 Å². The van der Waals surface area contributed by atoms with E-state index in [1.807, 2.05) is 22.6 Å². The minimum atomic E-state index is 0.173. The molecule has 2 amide bonds. The van der Waals surface area contributed by atoms with Gasteiger partial charge in [-0.2, -0.15) is 11.3 Å². The lowest BCUT2D eigenvalue weighted by Gasteiger charge is -2.47. The summed E-state index contributed by atoms with van der Waals surface area (Å²) in [6.45, 7) is 3.60. The molecule has 1 aromatic rings. The monoisotopic (exact) mass is 318 g/mol. The van der Waals surface area contributed by atoms with Crippen LogP contribution in [-0.2, 0) is 4.79 Å². The molecule has 3 heterocycles. The molecule has 2 aliphatic heterocycles. The lowest BCUT2D eigenvalue weighted by Crippen LogP contribution is -2.57. The molecule has 2 atom stereocenters. The summed E-state index contributed by atoms with van der Waals surface area (Å²) < 4.78 is 0. The van der Waals surface area contributed by atoms with Gasteiger partial charge in [0.25, 0.3) is 5.91 Å². The Morgan fingerprint density at radius 3 is 2.73 bits per heavy atom. The van der Waals surface area contributed by atoms with Crippen molar-refractivity contribution in [3.05, 3.63) is 21.9 Å². The van der Waals surface area contributed by atoms with Crippen LogP contribution in [0, 0.1) is 12.8 Å². The van der Waals surface area contributed by atoms with Gasteiger partial charge in [-0.05, 0) is 49.5 Å². The second kappa shape index (κ2) is 5.37. The van der Waals surface area contributed by atoms with E-state index in [1.165, 1.54) is 12.8 Å². The zero-order valence-electron chi connectivity index (χ0n) is 13.0. The molecule has 0 aromatic carbocycles. The Morgan fingerprint density at radius 1 is 1.23 bits per heavy atom. The molecule has 4 nitrogen and oxygen atoms in total. The number of rotatable bonds is 2. The molecule has 1 saturated carbocycles. The summed E-state index contributed by atoms with van der Waals surface area (Å²) in [4.78, 5) is 29.1. The first-order valence-corrected chi connectivity index (χ1v) is 9.22. The molecule has 5 heteroatoms. The molecule has 4 rings (SSSR count). The van der Waals surface area contributed by atoms with E-state index in [2.05, 4.69) is 4.90 Å². The SMILES string of the molecule is Cc1cscc1C(=O)N1CC[C@H]2[C@H](CCC(=O)N2C2CC2)C1. The van der Waals surface area contributed by atoms with E-state index >= 15 is 0 Å². The second-order valence-corrected chi connectivity index (χ2v) is 7.65.